The zero-order chi connectivity index (χ0) is 16.7. The smallest absolute Gasteiger partial charge is 0.315 e. The number of oxime groups is 1. The Morgan fingerprint density at radius 2 is 2.22 bits per heavy atom. The van der Waals surface area contributed by atoms with Crippen LogP contribution >= 0.6 is 0 Å². The summed E-state index contributed by atoms with van der Waals surface area (Å²) in [5.74, 6) is 0.789. The van der Waals surface area contributed by atoms with E-state index in [0.717, 1.165) is 17.0 Å². The molecule has 2 amide bonds. The number of methoxy groups -OCH3 is 1. The molecule has 0 fully saturated rings. The Labute approximate surface area is 135 Å². The van der Waals surface area contributed by atoms with E-state index in [-0.39, 0.29) is 24.8 Å². The molecule has 126 valence electrons. The number of aliphatic hydroxyl groups is 1. The van der Waals surface area contributed by atoms with Crippen LogP contribution in [0, 0.1) is 0 Å². The molecule has 1 heterocycles. The third-order valence-electron chi connectivity index (χ3n) is 3.69. The zero-order valence-corrected chi connectivity index (χ0v) is 13.4. The summed E-state index contributed by atoms with van der Waals surface area (Å²) in [5.41, 5.74) is 1.82. The Morgan fingerprint density at radius 1 is 1.48 bits per heavy atom. The summed E-state index contributed by atoms with van der Waals surface area (Å²) in [4.78, 5) is 17.1. The van der Waals surface area contributed by atoms with Gasteiger partial charge in [0, 0.05) is 6.42 Å². The lowest BCUT2D eigenvalue weighted by Gasteiger charge is -2.16. The van der Waals surface area contributed by atoms with Crippen molar-refractivity contribution in [2.75, 3.05) is 20.3 Å². The number of urea groups is 1. The second-order valence-electron chi connectivity index (χ2n) is 5.34. The standard InChI is InChI=1S/C16H23N3O4/c1-3-12(10-20)18-16(21)17-9-14-8-15(19-23-14)11-4-6-13(22-2)7-5-11/h4-7,12,14,20H,3,8-10H2,1-2H3,(H2,17,18,21)/t12-,14+/m1/s1. The van der Waals surface area contributed by atoms with Crippen LogP contribution in [0.5, 0.6) is 5.75 Å². The Bertz CT molecular complexity index is 541. The average Bonchev–Trinajstić information content (AvgIpc) is 3.07. The monoisotopic (exact) mass is 321 g/mol. The molecule has 0 aliphatic carbocycles. The van der Waals surface area contributed by atoms with Gasteiger partial charge in [0.1, 0.15) is 5.75 Å². The largest absolute Gasteiger partial charge is 0.497 e. The lowest BCUT2D eigenvalue weighted by atomic mass is 10.0. The zero-order valence-electron chi connectivity index (χ0n) is 13.4. The SMILES string of the molecule is CC[C@H](CO)NC(=O)NC[C@@H]1CC(c2ccc(OC)cc2)=NO1. The van der Waals surface area contributed by atoms with Crippen LogP contribution in [-0.4, -0.2) is 49.3 Å². The Kier molecular flexibility index (Phi) is 6.22. The molecular weight excluding hydrogens is 298 g/mol. The molecule has 0 bridgehead atoms. The summed E-state index contributed by atoms with van der Waals surface area (Å²) >= 11 is 0. The molecule has 2 rings (SSSR count). The van der Waals surface area contributed by atoms with Crippen molar-refractivity contribution < 1.29 is 19.5 Å². The number of benzene rings is 1. The van der Waals surface area contributed by atoms with E-state index in [9.17, 15) is 4.79 Å². The number of hydrogen-bond donors (Lipinski definition) is 3. The molecule has 0 saturated carbocycles. The molecule has 0 saturated heterocycles. The molecule has 0 aromatic heterocycles. The third kappa shape index (κ3) is 4.85. The quantitative estimate of drug-likeness (QED) is 0.705. The average molecular weight is 321 g/mol. The molecule has 0 unspecified atom stereocenters. The van der Waals surface area contributed by atoms with Gasteiger partial charge in [0.25, 0.3) is 0 Å². The van der Waals surface area contributed by atoms with E-state index in [1.165, 1.54) is 0 Å². The van der Waals surface area contributed by atoms with Gasteiger partial charge >= 0.3 is 6.03 Å². The highest BCUT2D eigenvalue weighted by Gasteiger charge is 2.23. The first kappa shape index (κ1) is 17.1. The first-order valence-corrected chi connectivity index (χ1v) is 7.68. The molecular formula is C16H23N3O4. The predicted octanol–water partition coefficient (Wildman–Crippen LogP) is 1.26. The van der Waals surface area contributed by atoms with E-state index in [1.54, 1.807) is 7.11 Å². The van der Waals surface area contributed by atoms with Crippen LogP contribution < -0.4 is 15.4 Å². The van der Waals surface area contributed by atoms with Crippen LogP contribution in [0.2, 0.25) is 0 Å². The summed E-state index contributed by atoms with van der Waals surface area (Å²) in [6.07, 6.45) is 1.12. The molecule has 1 aliphatic heterocycles. The van der Waals surface area contributed by atoms with E-state index in [4.69, 9.17) is 14.7 Å². The molecule has 0 radical (unpaired) electrons. The van der Waals surface area contributed by atoms with Gasteiger partial charge in [-0.05, 0) is 36.2 Å². The van der Waals surface area contributed by atoms with E-state index in [0.29, 0.717) is 19.4 Å². The van der Waals surface area contributed by atoms with Crippen LogP contribution in [0.25, 0.3) is 0 Å². The Hall–Kier alpha value is -2.28. The van der Waals surface area contributed by atoms with E-state index < -0.39 is 0 Å². The Balaban J connectivity index is 1.77. The first-order chi connectivity index (χ1) is 11.2. The topological polar surface area (TPSA) is 92.2 Å². The van der Waals surface area contributed by atoms with Gasteiger partial charge in [-0.1, -0.05) is 12.1 Å². The van der Waals surface area contributed by atoms with Gasteiger partial charge in [0.05, 0.1) is 32.0 Å². The lowest BCUT2D eigenvalue weighted by Crippen LogP contribution is -2.45. The molecule has 7 nitrogen and oxygen atoms in total. The van der Waals surface area contributed by atoms with Gasteiger partial charge in [-0.2, -0.15) is 0 Å². The number of ether oxygens (including phenoxy) is 1. The summed E-state index contributed by atoms with van der Waals surface area (Å²) in [6.45, 7) is 2.18. The molecule has 7 heteroatoms. The van der Waals surface area contributed by atoms with Crippen molar-refractivity contribution in [2.24, 2.45) is 5.16 Å². The van der Waals surface area contributed by atoms with Crippen LogP contribution in [0.3, 0.4) is 0 Å². The van der Waals surface area contributed by atoms with Crippen LogP contribution in [0.15, 0.2) is 29.4 Å². The van der Waals surface area contributed by atoms with Crippen molar-refractivity contribution >= 4 is 11.7 Å². The number of hydrogen-bond acceptors (Lipinski definition) is 5. The number of nitrogens with one attached hydrogen (secondary N) is 2. The third-order valence-corrected chi connectivity index (χ3v) is 3.69. The summed E-state index contributed by atoms with van der Waals surface area (Å²) in [7, 11) is 1.62. The summed E-state index contributed by atoms with van der Waals surface area (Å²) in [6, 6.07) is 7.05. The fourth-order valence-electron chi connectivity index (χ4n) is 2.21. The molecule has 3 N–H and O–H groups in total. The second-order valence-corrected chi connectivity index (χ2v) is 5.34. The van der Waals surface area contributed by atoms with Gasteiger partial charge in [0.2, 0.25) is 0 Å². The van der Waals surface area contributed by atoms with Crippen molar-refractivity contribution in [1.29, 1.82) is 0 Å². The van der Waals surface area contributed by atoms with Crippen LogP contribution in [0.4, 0.5) is 4.79 Å². The molecule has 1 aliphatic rings. The predicted molar refractivity (Wildman–Crippen MR) is 86.7 cm³/mol. The minimum absolute atomic E-state index is 0.0748. The minimum atomic E-state index is -0.313. The van der Waals surface area contributed by atoms with E-state index >= 15 is 0 Å². The molecule has 23 heavy (non-hydrogen) atoms. The van der Waals surface area contributed by atoms with Crippen molar-refractivity contribution in [1.82, 2.24) is 10.6 Å². The maximum Gasteiger partial charge on any atom is 0.315 e. The number of amides is 2. The van der Waals surface area contributed by atoms with Gasteiger partial charge < -0.3 is 25.3 Å². The number of nitrogens with zero attached hydrogens (tertiary/aromatic N) is 1. The van der Waals surface area contributed by atoms with Crippen molar-refractivity contribution in [3.8, 4) is 5.75 Å². The van der Waals surface area contributed by atoms with Gasteiger partial charge in [-0.15, -0.1) is 0 Å². The van der Waals surface area contributed by atoms with Gasteiger partial charge in [-0.3, -0.25) is 0 Å². The maximum atomic E-state index is 11.7. The van der Waals surface area contributed by atoms with Gasteiger partial charge in [-0.25, -0.2) is 4.79 Å². The van der Waals surface area contributed by atoms with Crippen LogP contribution in [0.1, 0.15) is 25.3 Å². The highest BCUT2D eigenvalue weighted by atomic mass is 16.6. The summed E-state index contributed by atoms with van der Waals surface area (Å²) in [5, 5.41) is 18.6. The number of rotatable bonds is 7. The van der Waals surface area contributed by atoms with Crippen molar-refractivity contribution in [2.45, 2.75) is 31.9 Å². The fourth-order valence-corrected chi connectivity index (χ4v) is 2.21. The van der Waals surface area contributed by atoms with Gasteiger partial charge in [0.15, 0.2) is 6.10 Å². The molecule has 2 atom stereocenters. The Morgan fingerprint density at radius 3 is 2.83 bits per heavy atom. The highest BCUT2D eigenvalue weighted by molar-refractivity contribution is 6.01. The molecule has 0 spiro atoms. The number of aliphatic hydroxyl groups excluding tert-OH is 1. The maximum absolute atomic E-state index is 11.7. The second kappa shape index (κ2) is 8.38. The van der Waals surface area contributed by atoms with E-state index in [2.05, 4.69) is 15.8 Å². The molecule has 1 aromatic carbocycles. The fraction of sp³-hybridized carbons (Fsp3) is 0.500. The molecule has 1 aromatic rings. The van der Waals surface area contributed by atoms with Crippen molar-refractivity contribution in [3.05, 3.63) is 29.8 Å². The lowest BCUT2D eigenvalue weighted by molar-refractivity contribution is 0.0863. The minimum Gasteiger partial charge on any atom is -0.497 e. The normalized spacial score (nSPS) is 17.9. The van der Waals surface area contributed by atoms with Crippen molar-refractivity contribution in [3.63, 3.8) is 0 Å². The number of carbonyl (C=O) groups excluding carboxylic acids is 1. The number of carbonyl (C=O) groups is 1. The highest BCUT2D eigenvalue weighted by Crippen LogP contribution is 2.18. The van der Waals surface area contributed by atoms with E-state index in [1.807, 2.05) is 31.2 Å². The van der Waals surface area contributed by atoms with Crippen LogP contribution in [-0.2, 0) is 4.84 Å². The first-order valence-electron chi connectivity index (χ1n) is 7.68. The summed E-state index contributed by atoms with van der Waals surface area (Å²) < 4.78 is 5.12.